The molecule has 0 radical (unpaired) electrons. The Bertz CT molecular complexity index is 900. The number of aryl methyl sites for hydroxylation is 2. The monoisotopic (exact) mass is 371 g/mol. The smallest absolute Gasteiger partial charge is 0.256 e. The Morgan fingerprint density at radius 2 is 1.85 bits per heavy atom. The molecule has 0 bridgehead atoms. The maximum atomic E-state index is 12.8. The third-order valence-electron chi connectivity index (χ3n) is 5.56. The molecule has 136 valence electrons. The lowest BCUT2D eigenvalue weighted by molar-refractivity contribution is -0.116. The molecule has 1 aromatic heterocycles. The van der Waals surface area contributed by atoms with Gasteiger partial charge in [-0.3, -0.25) is 4.79 Å². The molecule has 1 aliphatic carbocycles. The molecule has 5 nitrogen and oxygen atoms in total. The fourth-order valence-corrected chi connectivity index (χ4v) is 4.48. The highest BCUT2D eigenvalue weighted by atomic mass is 35.5. The number of aliphatic hydroxyl groups is 1. The topological polar surface area (TPSA) is 67.2 Å². The van der Waals surface area contributed by atoms with Crippen molar-refractivity contribution in [1.82, 2.24) is 15.1 Å². The van der Waals surface area contributed by atoms with E-state index in [1.165, 1.54) is 0 Å². The Morgan fingerprint density at radius 3 is 2.42 bits per heavy atom. The van der Waals surface area contributed by atoms with Gasteiger partial charge in [0.15, 0.2) is 0 Å². The predicted molar refractivity (Wildman–Crippen MR) is 102 cm³/mol. The van der Waals surface area contributed by atoms with E-state index in [9.17, 15) is 9.90 Å². The molecular weight excluding hydrogens is 350 g/mol. The van der Waals surface area contributed by atoms with Crippen molar-refractivity contribution in [3.63, 3.8) is 0 Å². The quantitative estimate of drug-likeness (QED) is 0.829. The van der Waals surface area contributed by atoms with Gasteiger partial charge < -0.3 is 10.4 Å². The molecule has 4 rings (SSSR count). The van der Waals surface area contributed by atoms with Crippen molar-refractivity contribution in [3.8, 4) is 5.69 Å². The fourth-order valence-electron chi connectivity index (χ4n) is 4.34. The maximum absolute atomic E-state index is 12.8. The zero-order valence-corrected chi connectivity index (χ0v) is 15.7. The number of nitrogens with zero attached hydrogens (tertiary/aromatic N) is 2. The second-order valence-corrected chi connectivity index (χ2v) is 7.81. The molecule has 2 aliphatic rings. The van der Waals surface area contributed by atoms with E-state index < -0.39 is 5.54 Å². The van der Waals surface area contributed by atoms with Crippen LogP contribution < -0.4 is 5.32 Å². The van der Waals surface area contributed by atoms with Crippen LogP contribution in [-0.2, 0) is 4.79 Å². The van der Waals surface area contributed by atoms with Crippen molar-refractivity contribution >= 4 is 23.1 Å². The molecule has 0 unspecified atom stereocenters. The number of halogens is 1. The number of nitrogens with one attached hydrogen (secondary N) is 1. The Balaban J connectivity index is 1.81. The van der Waals surface area contributed by atoms with Crippen LogP contribution in [-0.4, -0.2) is 26.3 Å². The molecular formula is C20H22ClN3O2. The van der Waals surface area contributed by atoms with E-state index in [1.54, 1.807) is 17.1 Å². The molecule has 1 spiro atoms. The number of hydrogen-bond donors (Lipinski definition) is 2. The predicted octanol–water partition coefficient (Wildman–Crippen LogP) is 4.24. The minimum Gasteiger partial charge on any atom is -0.509 e. The molecule has 1 amide bonds. The van der Waals surface area contributed by atoms with Crippen LogP contribution >= 0.6 is 11.6 Å². The summed E-state index contributed by atoms with van der Waals surface area (Å²) in [5, 5.41) is 18.9. The Hall–Kier alpha value is -2.27. The van der Waals surface area contributed by atoms with Crippen molar-refractivity contribution in [2.45, 2.75) is 51.5 Å². The van der Waals surface area contributed by atoms with Crippen LogP contribution in [0.15, 0.2) is 30.3 Å². The van der Waals surface area contributed by atoms with Crippen LogP contribution in [0, 0.1) is 13.8 Å². The van der Waals surface area contributed by atoms with Crippen molar-refractivity contribution in [2.24, 2.45) is 0 Å². The zero-order valence-electron chi connectivity index (χ0n) is 15.0. The summed E-state index contributed by atoms with van der Waals surface area (Å²) in [6.07, 6.45) is 8.13. The van der Waals surface area contributed by atoms with Crippen molar-refractivity contribution in [1.29, 1.82) is 0 Å². The van der Waals surface area contributed by atoms with Gasteiger partial charge in [0, 0.05) is 6.20 Å². The SMILES string of the molecule is Cc1cc(-n2cc(Cl)cn2)cc(C)c1C1=C(O)C2(CCCCC2)NC1=O. The largest absolute Gasteiger partial charge is 0.509 e. The summed E-state index contributed by atoms with van der Waals surface area (Å²) < 4.78 is 1.71. The number of amides is 1. The van der Waals surface area contributed by atoms with Crippen LogP contribution in [0.4, 0.5) is 0 Å². The van der Waals surface area contributed by atoms with Crippen LogP contribution in [0.3, 0.4) is 0 Å². The summed E-state index contributed by atoms with van der Waals surface area (Å²) in [4.78, 5) is 12.8. The van der Waals surface area contributed by atoms with Crippen LogP contribution in [0.25, 0.3) is 11.3 Å². The zero-order chi connectivity index (χ0) is 18.5. The molecule has 2 heterocycles. The van der Waals surface area contributed by atoms with E-state index in [1.807, 2.05) is 26.0 Å². The summed E-state index contributed by atoms with van der Waals surface area (Å²) in [5.74, 6) is 0.0359. The number of hydrogen-bond acceptors (Lipinski definition) is 3. The second-order valence-electron chi connectivity index (χ2n) is 7.38. The highest BCUT2D eigenvalue weighted by Crippen LogP contribution is 2.42. The van der Waals surface area contributed by atoms with Gasteiger partial charge in [-0.05, 0) is 55.5 Å². The molecule has 2 aromatic rings. The van der Waals surface area contributed by atoms with Crippen molar-refractivity contribution in [3.05, 3.63) is 52.0 Å². The van der Waals surface area contributed by atoms with Gasteiger partial charge in [-0.2, -0.15) is 5.10 Å². The lowest BCUT2D eigenvalue weighted by atomic mass is 9.80. The number of aliphatic hydroxyl groups excluding tert-OH is 1. The first kappa shape index (κ1) is 17.2. The first-order valence-corrected chi connectivity index (χ1v) is 9.37. The number of benzene rings is 1. The van der Waals surface area contributed by atoms with Gasteiger partial charge in [-0.1, -0.05) is 30.9 Å². The standard InChI is InChI=1S/C20H22ClN3O2/c1-12-8-15(24-11-14(21)10-22-24)9-13(2)16(12)17-18(25)20(23-19(17)26)6-4-3-5-7-20/h8-11,25H,3-7H2,1-2H3,(H,23,26). The average molecular weight is 372 g/mol. The Labute approximate surface area is 157 Å². The first-order chi connectivity index (χ1) is 12.4. The summed E-state index contributed by atoms with van der Waals surface area (Å²) >= 11 is 5.97. The highest BCUT2D eigenvalue weighted by Gasteiger charge is 2.46. The molecule has 0 atom stereocenters. The van der Waals surface area contributed by atoms with Crippen LogP contribution in [0.1, 0.15) is 48.8 Å². The molecule has 1 aliphatic heterocycles. The molecule has 1 saturated carbocycles. The van der Waals surface area contributed by atoms with E-state index in [0.29, 0.717) is 10.6 Å². The van der Waals surface area contributed by atoms with E-state index in [0.717, 1.165) is 54.5 Å². The van der Waals surface area contributed by atoms with Gasteiger partial charge in [0.05, 0.1) is 28.0 Å². The third-order valence-corrected chi connectivity index (χ3v) is 5.76. The van der Waals surface area contributed by atoms with Gasteiger partial charge >= 0.3 is 0 Å². The normalized spacial score (nSPS) is 19.3. The number of rotatable bonds is 2. The van der Waals surface area contributed by atoms with Crippen LogP contribution in [0.2, 0.25) is 5.02 Å². The van der Waals surface area contributed by atoms with Gasteiger partial charge in [-0.15, -0.1) is 0 Å². The lowest BCUT2D eigenvalue weighted by Crippen LogP contribution is -2.46. The summed E-state index contributed by atoms with van der Waals surface area (Å²) in [6, 6.07) is 3.93. The summed E-state index contributed by atoms with van der Waals surface area (Å²) in [6.45, 7) is 3.91. The minimum atomic E-state index is -0.572. The third kappa shape index (κ3) is 2.62. The molecule has 26 heavy (non-hydrogen) atoms. The molecule has 1 aromatic carbocycles. The lowest BCUT2D eigenvalue weighted by Gasteiger charge is -2.33. The maximum Gasteiger partial charge on any atom is 0.256 e. The second kappa shape index (κ2) is 6.16. The van der Waals surface area contributed by atoms with E-state index in [2.05, 4.69) is 10.4 Å². The van der Waals surface area contributed by atoms with Gasteiger partial charge in [0.2, 0.25) is 0 Å². The molecule has 6 heteroatoms. The van der Waals surface area contributed by atoms with Crippen molar-refractivity contribution in [2.75, 3.05) is 0 Å². The van der Waals surface area contributed by atoms with Gasteiger partial charge in [0.1, 0.15) is 5.76 Å². The molecule has 0 saturated heterocycles. The summed E-state index contributed by atoms with van der Waals surface area (Å²) in [5.41, 5.74) is 3.39. The fraction of sp³-hybridized carbons (Fsp3) is 0.400. The van der Waals surface area contributed by atoms with E-state index in [-0.39, 0.29) is 11.7 Å². The Morgan fingerprint density at radius 1 is 1.19 bits per heavy atom. The highest BCUT2D eigenvalue weighted by molar-refractivity contribution is 6.30. The summed E-state index contributed by atoms with van der Waals surface area (Å²) in [7, 11) is 0. The molecule has 2 N–H and O–H groups in total. The first-order valence-electron chi connectivity index (χ1n) is 9.00. The number of aromatic nitrogens is 2. The minimum absolute atomic E-state index is 0.175. The van der Waals surface area contributed by atoms with E-state index >= 15 is 0 Å². The van der Waals surface area contributed by atoms with Crippen LogP contribution in [0.5, 0.6) is 0 Å². The Kier molecular flexibility index (Phi) is 4.07. The average Bonchev–Trinajstić information content (AvgIpc) is 3.12. The number of carbonyl (C=O) groups is 1. The van der Waals surface area contributed by atoms with E-state index in [4.69, 9.17) is 11.6 Å². The van der Waals surface area contributed by atoms with Gasteiger partial charge in [-0.25, -0.2) is 4.68 Å². The van der Waals surface area contributed by atoms with Crippen molar-refractivity contribution < 1.29 is 9.90 Å². The molecule has 1 fully saturated rings. The van der Waals surface area contributed by atoms with Gasteiger partial charge in [0.25, 0.3) is 5.91 Å². The number of carbonyl (C=O) groups excluding carboxylic acids is 1.